The van der Waals surface area contributed by atoms with Gasteiger partial charge in [0.2, 0.25) is 0 Å². The zero-order chi connectivity index (χ0) is 8.43. The Kier molecular flexibility index (Phi) is 2.49. The third kappa shape index (κ3) is 1.71. The molecule has 11 heavy (non-hydrogen) atoms. The Morgan fingerprint density at radius 1 is 1.55 bits per heavy atom. The predicted octanol–water partition coefficient (Wildman–Crippen LogP) is 0.563. The number of carboxylic acids is 1. The second-order valence-electron chi connectivity index (χ2n) is 3.51. The monoisotopic (exact) mass is 157 g/mol. The molecule has 1 rings (SSSR count). The lowest BCUT2D eigenvalue weighted by Gasteiger charge is -2.17. The van der Waals surface area contributed by atoms with Crippen LogP contribution in [0.15, 0.2) is 0 Å². The Labute approximate surface area is 66.8 Å². The SMILES string of the molecule is CC(C)C1CNCC1C(=O)O. The molecule has 3 heteroatoms. The van der Waals surface area contributed by atoms with E-state index in [2.05, 4.69) is 19.2 Å². The van der Waals surface area contributed by atoms with Gasteiger partial charge in [0.15, 0.2) is 0 Å². The smallest absolute Gasteiger partial charge is 0.308 e. The number of nitrogens with one attached hydrogen (secondary N) is 1. The maximum Gasteiger partial charge on any atom is 0.308 e. The first-order valence-electron chi connectivity index (χ1n) is 4.06. The van der Waals surface area contributed by atoms with Crippen molar-refractivity contribution in [3.63, 3.8) is 0 Å². The summed E-state index contributed by atoms with van der Waals surface area (Å²) in [5.41, 5.74) is 0. The summed E-state index contributed by atoms with van der Waals surface area (Å²) in [6.07, 6.45) is 0. The van der Waals surface area contributed by atoms with Crippen LogP contribution < -0.4 is 5.32 Å². The zero-order valence-corrected chi connectivity index (χ0v) is 7.00. The minimum absolute atomic E-state index is 0.171. The van der Waals surface area contributed by atoms with Crippen LogP contribution in [0.3, 0.4) is 0 Å². The third-order valence-corrected chi connectivity index (χ3v) is 2.43. The molecule has 2 atom stereocenters. The molecule has 1 aliphatic heterocycles. The Hall–Kier alpha value is -0.570. The van der Waals surface area contributed by atoms with Crippen LogP contribution in [-0.2, 0) is 4.79 Å². The van der Waals surface area contributed by atoms with Gasteiger partial charge in [0.05, 0.1) is 5.92 Å². The minimum atomic E-state index is -0.659. The molecule has 0 amide bonds. The molecule has 0 spiro atoms. The lowest BCUT2D eigenvalue weighted by Crippen LogP contribution is -2.25. The van der Waals surface area contributed by atoms with E-state index in [1.54, 1.807) is 0 Å². The molecule has 0 aromatic carbocycles. The summed E-state index contributed by atoms with van der Waals surface area (Å²) in [7, 11) is 0. The Bertz CT molecular complexity index is 156. The predicted molar refractivity (Wildman–Crippen MR) is 42.3 cm³/mol. The van der Waals surface area contributed by atoms with Crippen molar-refractivity contribution in [1.29, 1.82) is 0 Å². The van der Waals surface area contributed by atoms with Crippen LogP contribution in [0.5, 0.6) is 0 Å². The molecule has 1 fully saturated rings. The highest BCUT2D eigenvalue weighted by molar-refractivity contribution is 5.71. The summed E-state index contributed by atoms with van der Waals surface area (Å²) in [4.78, 5) is 10.7. The molecule has 0 aliphatic carbocycles. The van der Waals surface area contributed by atoms with Crippen molar-refractivity contribution in [2.45, 2.75) is 13.8 Å². The normalized spacial score (nSPS) is 31.2. The summed E-state index contributed by atoms with van der Waals surface area (Å²) in [5, 5.41) is 11.9. The lowest BCUT2D eigenvalue weighted by molar-refractivity contribution is -0.142. The average Bonchev–Trinajstić information content (AvgIpc) is 2.32. The summed E-state index contributed by atoms with van der Waals surface area (Å²) in [6.45, 7) is 5.65. The first kappa shape index (κ1) is 8.53. The summed E-state index contributed by atoms with van der Waals surface area (Å²) in [5.74, 6) is -0.0534. The summed E-state index contributed by atoms with van der Waals surface area (Å²) < 4.78 is 0. The molecule has 2 unspecified atom stereocenters. The molecule has 3 nitrogen and oxygen atoms in total. The highest BCUT2D eigenvalue weighted by Gasteiger charge is 2.34. The van der Waals surface area contributed by atoms with Crippen LogP contribution in [0.25, 0.3) is 0 Å². The van der Waals surface area contributed by atoms with Crippen molar-refractivity contribution in [3.05, 3.63) is 0 Å². The van der Waals surface area contributed by atoms with Gasteiger partial charge in [-0.25, -0.2) is 0 Å². The Morgan fingerprint density at radius 2 is 2.18 bits per heavy atom. The van der Waals surface area contributed by atoms with Crippen LogP contribution in [0, 0.1) is 17.8 Å². The standard InChI is InChI=1S/C8H15NO2/c1-5(2)6-3-9-4-7(6)8(10)11/h5-7,9H,3-4H2,1-2H3,(H,10,11). The van der Waals surface area contributed by atoms with Gasteiger partial charge in [0.25, 0.3) is 0 Å². The van der Waals surface area contributed by atoms with E-state index in [9.17, 15) is 4.79 Å². The van der Waals surface area contributed by atoms with Crippen molar-refractivity contribution in [2.24, 2.45) is 17.8 Å². The van der Waals surface area contributed by atoms with Gasteiger partial charge in [-0.3, -0.25) is 4.79 Å². The molecule has 0 saturated carbocycles. The van der Waals surface area contributed by atoms with Crippen LogP contribution >= 0.6 is 0 Å². The molecule has 0 radical (unpaired) electrons. The topological polar surface area (TPSA) is 49.3 Å². The van der Waals surface area contributed by atoms with Gasteiger partial charge in [-0.05, 0) is 18.4 Å². The van der Waals surface area contributed by atoms with E-state index in [4.69, 9.17) is 5.11 Å². The van der Waals surface area contributed by atoms with E-state index >= 15 is 0 Å². The van der Waals surface area contributed by atoms with Crippen molar-refractivity contribution >= 4 is 5.97 Å². The zero-order valence-electron chi connectivity index (χ0n) is 7.00. The maximum atomic E-state index is 10.7. The van der Waals surface area contributed by atoms with Crippen molar-refractivity contribution < 1.29 is 9.90 Å². The molecule has 1 aliphatic rings. The average molecular weight is 157 g/mol. The van der Waals surface area contributed by atoms with Gasteiger partial charge in [0, 0.05) is 6.54 Å². The fourth-order valence-electron chi connectivity index (χ4n) is 1.67. The molecule has 0 bridgehead atoms. The van der Waals surface area contributed by atoms with Gasteiger partial charge in [-0.2, -0.15) is 0 Å². The first-order chi connectivity index (χ1) is 5.13. The number of rotatable bonds is 2. The van der Waals surface area contributed by atoms with Crippen LogP contribution in [0.1, 0.15) is 13.8 Å². The third-order valence-electron chi connectivity index (χ3n) is 2.43. The van der Waals surface area contributed by atoms with Gasteiger partial charge in [0.1, 0.15) is 0 Å². The molecule has 0 aromatic rings. The number of aliphatic carboxylic acids is 1. The van der Waals surface area contributed by atoms with Gasteiger partial charge in [-0.1, -0.05) is 13.8 Å². The molecule has 1 heterocycles. The molecular weight excluding hydrogens is 142 g/mol. The van der Waals surface area contributed by atoms with E-state index in [1.165, 1.54) is 0 Å². The molecule has 0 aromatic heterocycles. The highest BCUT2D eigenvalue weighted by atomic mass is 16.4. The van der Waals surface area contributed by atoms with E-state index in [1.807, 2.05) is 0 Å². The molecule has 2 N–H and O–H groups in total. The summed E-state index contributed by atoms with van der Waals surface area (Å²) in [6, 6.07) is 0. The van der Waals surface area contributed by atoms with E-state index in [-0.39, 0.29) is 5.92 Å². The molecule has 64 valence electrons. The second kappa shape index (κ2) is 3.22. The number of carbonyl (C=O) groups is 1. The number of hydrogen-bond acceptors (Lipinski definition) is 2. The van der Waals surface area contributed by atoms with Crippen molar-refractivity contribution in [2.75, 3.05) is 13.1 Å². The van der Waals surface area contributed by atoms with E-state index in [0.29, 0.717) is 18.4 Å². The van der Waals surface area contributed by atoms with Gasteiger partial charge >= 0.3 is 5.97 Å². The van der Waals surface area contributed by atoms with E-state index in [0.717, 1.165) is 6.54 Å². The van der Waals surface area contributed by atoms with Crippen LogP contribution in [-0.4, -0.2) is 24.2 Å². The molecule has 1 saturated heterocycles. The quantitative estimate of drug-likeness (QED) is 0.616. The fraction of sp³-hybridized carbons (Fsp3) is 0.875. The van der Waals surface area contributed by atoms with Crippen molar-refractivity contribution in [3.8, 4) is 0 Å². The fourth-order valence-corrected chi connectivity index (χ4v) is 1.67. The summed E-state index contributed by atoms with van der Waals surface area (Å²) >= 11 is 0. The highest BCUT2D eigenvalue weighted by Crippen LogP contribution is 2.24. The number of carboxylic acid groups (broad SMARTS) is 1. The maximum absolute atomic E-state index is 10.7. The lowest BCUT2D eigenvalue weighted by atomic mass is 9.86. The minimum Gasteiger partial charge on any atom is -0.481 e. The Balaban J connectivity index is 2.58. The van der Waals surface area contributed by atoms with E-state index < -0.39 is 5.97 Å². The Morgan fingerprint density at radius 3 is 2.55 bits per heavy atom. The van der Waals surface area contributed by atoms with Crippen LogP contribution in [0.2, 0.25) is 0 Å². The van der Waals surface area contributed by atoms with Crippen LogP contribution in [0.4, 0.5) is 0 Å². The first-order valence-corrected chi connectivity index (χ1v) is 4.06. The van der Waals surface area contributed by atoms with Gasteiger partial charge < -0.3 is 10.4 Å². The second-order valence-corrected chi connectivity index (χ2v) is 3.51. The largest absolute Gasteiger partial charge is 0.481 e. The molecular formula is C8H15NO2. The van der Waals surface area contributed by atoms with Crippen molar-refractivity contribution in [1.82, 2.24) is 5.32 Å². The number of hydrogen-bond donors (Lipinski definition) is 2. The van der Waals surface area contributed by atoms with Gasteiger partial charge in [-0.15, -0.1) is 0 Å².